The van der Waals surface area contributed by atoms with E-state index in [1.165, 1.54) is 6.08 Å². The highest BCUT2D eigenvalue weighted by atomic mass is 16.5. The van der Waals surface area contributed by atoms with Gasteiger partial charge in [0.25, 0.3) is 0 Å². The lowest BCUT2D eigenvalue weighted by Gasteiger charge is -2.11. The van der Waals surface area contributed by atoms with Crippen molar-refractivity contribution in [1.82, 2.24) is 34.4 Å². The Balaban J connectivity index is 1.59. The van der Waals surface area contributed by atoms with Gasteiger partial charge in [-0.05, 0) is 50.4 Å². The van der Waals surface area contributed by atoms with Crippen molar-refractivity contribution in [2.24, 2.45) is 7.05 Å². The molecular weight excluding hydrogens is 492 g/mol. The van der Waals surface area contributed by atoms with Gasteiger partial charge in [-0.2, -0.15) is 10.2 Å². The van der Waals surface area contributed by atoms with Crippen LogP contribution in [0.25, 0.3) is 33.4 Å². The summed E-state index contributed by atoms with van der Waals surface area (Å²) in [7, 11) is 5.94. The van der Waals surface area contributed by atoms with E-state index in [9.17, 15) is 4.79 Å². The number of aromatic nitrogens is 6. The third kappa shape index (κ3) is 5.75. The van der Waals surface area contributed by atoms with Crippen molar-refractivity contribution < 1.29 is 9.53 Å². The summed E-state index contributed by atoms with van der Waals surface area (Å²) in [6, 6.07) is 8.13. The summed E-state index contributed by atoms with van der Waals surface area (Å²) in [4.78, 5) is 22.5. The SMILES string of the molecule is C=CC(=O)Nc1cc(-c2c(-c3cnn(CCN(C)C)c3)[nH]c3ncc(COc4cnn(C)c4)cc23)ccc1C. The van der Waals surface area contributed by atoms with Gasteiger partial charge in [0.2, 0.25) is 5.91 Å². The number of carbonyl (C=O) groups is 1. The van der Waals surface area contributed by atoms with E-state index < -0.39 is 0 Å². The third-order valence-electron chi connectivity index (χ3n) is 6.46. The van der Waals surface area contributed by atoms with Gasteiger partial charge >= 0.3 is 0 Å². The monoisotopic (exact) mass is 524 g/mol. The predicted molar refractivity (Wildman–Crippen MR) is 152 cm³/mol. The molecule has 0 fully saturated rings. The lowest BCUT2D eigenvalue weighted by atomic mass is 9.98. The van der Waals surface area contributed by atoms with Crippen molar-refractivity contribution in [2.45, 2.75) is 20.1 Å². The van der Waals surface area contributed by atoms with Crippen LogP contribution in [0.15, 0.2) is 67.9 Å². The van der Waals surface area contributed by atoms with E-state index in [2.05, 4.69) is 44.1 Å². The molecule has 1 amide bonds. The highest BCUT2D eigenvalue weighted by Crippen LogP contribution is 2.39. The van der Waals surface area contributed by atoms with Crippen LogP contribution in [0.1, 0.15) is 11.1 Å². The molecule has 0 saturated heterocycles. The van der Waals surface area contributed by atoms with Gasteiger partial charge in [0, 0.05) is 53.8 Å². The number of amides is 1. The summed E-state index contributed by atoms with van der Waals surface area (Å²) >= 11 is 0. The summed E-state index contributed by atoms with van der Waals surface area (Å²) < 4.78 is 9.57. The molecule has 10 nitrogen and oxygen atoms in total. The molecule has 0 atom stereocenters. The highest BCUT2D eigenvalue weighted by Gasteiger charge is 2.19. The molecule has 0 aliphatic heterocycles. The van der Waals surface area contributed by atoms with Crippen LogP contribution in [0.2, 0.25) is 0 Å². The Morgan fingerprint density at radius 2 is 2.00 bits per heavy atom. The number of fused-ring (bicyclic) bond motifs is 1. The normalized spacial score (nSPS) is 11.3. The Kier molecular flexibility index (Phi) is 7.29. The lowest BCUT2D eigenvalue weighted by molar-refractivity contribution is -0.111. The number of likely N-dealkylation sites (N-methyl/N-ethyl adjacent to an activating group) is 1. The van der Waals surface area contributed by atoms with Gasteiger partial charge in [-0.1, -0.05) is 18.7 Å². The van der Waals surface area contributed by atoms with Crippen molar-refractivity contribution in [3.8, 4) is 28.1 Å². The summed E-state index contributed by atoms with van der Waals surface area (Å²) in [5.74, 6) is 0.437. The average molecular weight is 525 g/mol. The number of anilines is 1. The van der Waals surface area contributed by atoms with Gasteiger partial charge < -0.3 is 19.9 Å². The number of benzene rings is 1. The topological polar surface area (TPSA) is 106 Å². The number of rotatable bonds is 10. The summed E-state index contributed by atoms with van der Waals surface area (Å²) in [5, 5.41) is 12.6. The number of hydrogen-bond donors (Lipinski definition) is 2. The molecule has 39 heavy (non-hydrogen) atoms. The summed E-state index contributed by atoms with van der Waals surface area (Å²) in [6.07, 6.45) is 10.5. The Bertz CT molecular complexity index is 1640. The molecule has 4 aromatic heterocycles. The molecule has 0 aliphatic carbocycles. The molecule has 0 bridgehead atoms. The number of carbonyl (C=O) groups excluding carboxylic acids is 1. The fourth-order valence-electron chi connectivity index (χ4n) is 4.36. The van der Waals surface area contributed by atoms with Crippen molar-refractivity contribution >= 4 is 22.6 Å². The van der Waals surface area contributed by atoms with E-state index in [1.54, 1.807) is 10.9 Å². The van der Waals surface area contributed by atoms with Crippen LogP contribution >= 0.6 is 0 Å². The summed E-state index contributed by atoms with van der Waals surface area (Å²) in [5.41, 5.74) is 7.13. The van der Waals surface area contributed by atoms with Crippen molar-refractivity contribution in [3.05, 3.63) is 79.0 Å². The number of nitrogens with zero attached hydrogens (tertiary/aromatic N) is 6. The highest BCUT2D eigenvalue weighted by molar-refractivity contribution is 6.04. The van der Waals surface area contributed by atoms with Crippen LogP contribution in [-0.2, 0) is 25.0 Å². The van der Waals surface area contributed by atoms with Gasteiger partial charge in [-0.25, -0.2) is 4.98 Å². The molecule has 2 N–H and O–H groups in total. The predicted octanol–water partition coefficient (Wildman–Crippen LogP) is 4.40. The number of aryl methyl sites for hydroxylation is 2. The molecule has 0 aliphatic rings. The first kappa shape index (κ1) is 25.9. The van der Waals surface area contributed by atoms with Crippen LogP contribution < -0.4 is 10.1 Å². The van der Waals surface area contributed by atoms with Crippen LogP contribution in [0.5, 0.6) is 5.75 Å². The summed E-state index contributed by atoms with van der Waals surface area (Å²) in [6.45, 7) is 7.55. The average Bonchev–Trinajstić information content (AvgIpc) is 3.65. The quantitative estimate of drug-likeness (QED) is 0.262. The van der Waals surface area contributed by atoms with E-state index in [1.807, 2.05) is 69.7 Å². The van der Waals surface area contributed by atoms with E-state index in [0.29, 0.717) is 12.4 Å². The van der Waals surface area contributed by atoms with Crippen LogP contribution in [-0.4, -0.2) is 61.0 Å². The van der Waals surface area contributed by atoms with E-state index in [-0.39, 0.29) is 5.91 Å². The van der Waals surface area contributed by atoms with Crippen molar-refractivity contribution in [3.63, 3.8) is 0 Å². The fraction of sp³-hybridized carbons (Fsp3) is 0.241. The Labute approximate surface area is 226 Å². The number of ether oxygens (including phenoxy) is 1. The fourth-order valence-corrected chi connectivity index (χ4v) is 4.36. The molecule has 5 rings (SSSR count). The minimum Gasteiger partial charge on any atom is -0.486 e. The number of nitrogens with one attached hydrogen (secondary N) is 2. The number of H-pyrrole nitrogens is 1. The van der Waals surface area contributed by atoms with Crippen LogP contribution in [0.4, 0.5) is 5.69 Å². The number of pyridine rings is 1. The number of aromatic amines is 1. The Morgan fingerprint density at radius 1 is 1.15 bits per heavy atom. The molecule has 200 valence electrons. The van der Waals surface area contributed by atoms with E-state index in [4.69, 9.17) is 9.72 Å². The van der Waals surface area contributed by atoms with Crippen LogP contribution in [0, 0.1) is 6.92 Å². The second kappa shape index (κ2) is 11.0. The maximum absolute atomic E-state index is 12.1. The molecule has 4 heterocycles. The molecule has 0 radical (unpaired) electrons. The lowest BCUT2D eigenvalue weighted by Crippen LogP contribution is -2.18. The largest absolute Gasteiger partial charge is 0.486 e. The first-order valence-corrected chi connectivity index (χ1v) is 12.6. The van der Waals surface area contributed by atoms with Gasteiger partial charge in [0.1, 0.15) is 12.3 Å². The smallest absolute Gasteiger partial charge is 0.247 e. The van der Waals surface area contributed by atoms with Gasteiger partial charge in [-0.3, -0.25) is 14.2 Å². The Morgan fingerprint density at radius 3 is 2.74 bits per heavy atom. The second-order valence-electron chi connectivity index (χ2n) is 9.77. The van der Waals surface area contributed by atoms with Crippen molar-refractivity contribution in [2.75, 3.05) is 26.0 Å². The molecule has 0 saturated carbocycles. The second-order valence-corrected chi connectivity index (χ2v) is 9.77. The zero-order chi connectivity index (χ0) is 27.5. The van der Waals surface area contributed by atoms with E-state index in [0.717, 1.165) is 63.3 Å². The first-order chi connectivity index (χ1) is 18.8. The Hall–Kier alpha value is -4.70. The van der Waals surface area contributed by atoms with Gasteiger partial charge in [0.15, 0.2) is 5.75 Å². The molecule has 10 heteroatoms. The van der Waals surface area contributed by atoms with Gasteiger partial charge in [-0.15, -0.1) is 0 Å². The molecule has 1 aromatic carbocycles. The number of hydrogen-bond acceptors (Lipinski definition) is 6. The van der Waals surface area contributed by atoms with Gasteiger partial charge in [0.05, 0.1) is 30.8 Å². The minimum absolute atomic E-state index is 0.256. The molecular formula is C29H32N8O2. The van der Waals surface area contributed by atoms with Crippen LogP contribution in [0.3, 0.4) is 0 Å². The first-order valence-electron chi connectivity index (χ1n) is 12.6. The zero-order valence-electron chi connectivity index (χ0n) is 22.6. The molecule has 0 spiro atoms. The van der Waals surface area contributed by atoms with Crippen molar-refractivity contribution in [1.29, 1.82) is 0 Å². The molecule has 0 unspecified atom stereocenters. The van der Waals surface area contributed by atoms with E-state index >= 15 is 0 Å². The zero-order valence-corrected chi connectivity index (χ0v) is 22.6. The standard InChI is InChI=1S/C29H32N8O2/c1-6-26(38)33-25-12-21(8-7-19(25)2)27-24-11-20(18-39-23-15-31-36(5)17-23)13-30-29(24)34-28(27)22-14-32-37(16-22)10-9-35(3)4/h6-8,11-17H,1,9-10,18H2,2-5H3,(H,30,34)(H,33,38). The maximum atomic E-state index is 12.1. The molecule has 5 aromatic rings. The minimum atomic E-state index is -0.256. The maximum Gasteiger partial charge on any atom is 0.247 e. The third-order valence-corrected chi connectivity index (χ3v) is 6.46.